The van der Waals surface area contributed by atoms with Gasteiger partial charge in [-0.05, 0) is 24.5 Å². The molecular formula is C18H22AsNO8. The van der Waals surface area contributed by atoms with E-state index in [0.717, 1.165) is 11.6 Å². The maximum Gasteiger partial charge on any atom is 0.303 e. The molecule has 2 rings (SSSR count). The first kappa shape index (κ1) is 23.3. The molecule has 0 unspecified atom stereocenters. The molecule has 0 spiro atoms. The van der Waals surface area contributed by atoms with Crippen LogP contribution in [0, 0.1) is 0 Å². The number of amides is 1. The third-order valence-corrected chi connectivity index (χ3v) is 5.54. The number of rotatable bonds is 6. The molecule has 0 atom stereocenters. The molecule has 2 aromatic rings. The van der Waals surface area contributed by atoms with Crippen LogP contribution in [0.4, 0.5) is 5.69 Å². The standard InChI is InChI=1S/C10H12O3.C8H10AsNO5/c11-9-6-2-1-4-8(9)5-3-7-10(12)13;1-5(11)10-7-4-2-3-6(8(7)12)9(13,14)15/h1-2,4,6,11H,3,5,7H2,(H,12,13);2-4,12H,1H3,(H,10,11)(H2,13,14,15). The number of hydrogen-bond donors (Lipinski definition) is 6. The molecule has 6 N–H and O–H groups in total. The number of nitrogens with one attached hydrogen (secondary N) is 1. The fraction of sp³-hybridized carbons (Fsp3) is 0.222. The summed E-state index contributed by atoms with van der Waals surface area (Å²) < 4.78 is 28.4. The van der Waals surface area contributed by atoms with Crippen molar-refractivity contribution >= 4 is 36.1 Å². The minimum Gasteiger partial charge on any atom is -0.508 e. The minimum absolute atomic E-state index is 0.00951. The molecule has 0 aliphatic rings. The van der Waals surface area contributed by atoms with Gasteiger partial charge in [0.2, 0.25) is 0 Å². The van der Waals surface area contributed by atoms with Gasteiger partial charge in [0.1, 0.15) is 5.75 Å². The van der Waals surface area contributed by atoms with Crippen LogP contribution in [0.3, 0.4) is 0 Å². The van der Waals surface area contributed by atoms with Crippen LogP contribution in [0.15, 0.2) is 42.5 Å². The fourth-order valence-electron chi connectivity index (χ4n) is 2.21. The molecule has 1 amide bonds. The molecule has 28 heavy (non-hydrogen) atoms. The number of aliphatic carboxylic acids is 1. The number of phenolic OH excluding ortho intramolecular Hbond substituents is 2. The summed E-state index contributed by atoms with van der Waals surface area (Å²) in [6, 6.07) is 10.8. The quantitative estimate of drug-likeness (QED) is 0.274. The number of phenols is 2. The smallest absolute Gasteiger partial charge is 0.303 e. The van der Waals surface area contributed by atoms with Crippen LogP contribution in [0.1, 0.15) is 25.3 Å². The summed E-state index contributed by atoms with van der Waals surface area (Å²) in [6.45, 7) is 1.23. The van der Waals surface area contributed by atoms with Crippen molar-refractivity contribution in [3.05, 3.63) is 48.0 Å². The number of anilines is 1. The number of carbonyl (C=O) groups excluding carboxylic acids is 1. The van der Waals surface area contributed by atoms with Gasteiger partial charge < -0.3 is 10.2 Å². The Kier molecular flexibility index (Phi) is 8.78. The van der Waals surface area contributed by atoms with E-state index in [1.54, 1.807) is 18.2 Å². The number of aromatic hydroxyl groups is 2. The monoisotopic (exact) mass is 455 g/mol. The maximum atomic E-state index is 11.0. The first-order valence-electron chi connectivity index (χ1n) is 8.16. The molecule has 0 aliphatic carbocycles. The van der Waals surface area contributed by atoms with Crippen LogP contribution in [-0.4, -0.2) is 49.6 Å². The van der Waals surface area contributed by atoms with Gasteiger partial charge in [-0.3, -0.25) is 4.79 Å². The third-order valence-electron chi connectivity index (χ3n) is 3.47. The van der Waals surface area contributed by atoms with Crippen molar-refractivity contribution in [3.8, 4) is 11.5 Å². The van der Waals surface area contributed by atoms with Crippen molar-refractivity contribution < 1.29 is 36.8 Å². The van der Waals surface area contributed by atoms with Gasteiger partial charge in [0.05, 0.1) is 0 Å². The summed E-state index contributed by atoms with van der Waals surface area (Å²) >= 11 is -5.15. The zero-order valence-corrected chi connectivity index (χ0v) is 16.9. The molecule has 0 saturated carbocycles. The topological polar surface area (TPSA) is 164 Å². The van der Waals surface area contributed by atoms with E-state index < -0.39 is 36.1 Å². The van der Waals surface area contributed by atoms with E-state index in [1.165, 1.54) is 19.1 Å². The summed E-state index contributed by atoms with van der Waals surface area (Å²) in [6.07, 6.45) is 1.32. The molecule has 0 aliphatic heterocycles. The Balaban J connectivity index is 0.000000283. The van der Waals surface area contributed by atoms with Crippen LogP contribution >= 0.6 is 0 Å². The number of para-hydroxylation sites is 2. The Morgan fingerprint density at radius 2 is 1.68 bits per heavy atom. The average molecular weight is 455 g/mol. The fourth-order valence-corrected chi connectivity index (χ4v) is 3.63. The first-order valence-corrected chi connectivity index (χ1v) is 11.5. The molecule has 152 valence electrons. The van der Waals surface area contributed by atoms with Crippen LogP contribution < -0.4 is 9.67 Å². The Morgan fingerprint density at radius 1 is 1.04 bits per heavy atom. The van der Waals surface area contributed by atoms with Crippen LogP contribution in [0.5, 0.6) is 11.5 Å². The predicted molar refractivity (Wildman–Crippen MR) is 102 cm³/mol. The molecule has 9 nitrogen and oxygen atoms in total. The van der Waals surface area contributed by atoms with Crippen LogP contribution in [-0.2, 0) is 19.7 Å². The Bertz CT molecular complexity index is 878. The van der Waals surface area contributed by atoms with E-state index in [9.17, 15) is 23.5 Å². The van der Waals surface area contributed by atoms with Gasteiger partial charge in [-0.15, -0.1) is 0 Å². The van der Waals surface area contributed by atoms with Crippen LogP contribution in [0.25, 0.3) is 0 Å². The van der Waals surface area contributed by atoms with Gasteiger partial charge in [0.25, 0.3) is 0 Å². The summed E-state index contributed by atoms with van der Waals surface area (Å²) in [5.74, 6) is -1.57. The zero-order chi connectivity index (χ0) is 21.3. The summed E-state index contributed by atoms with van der Waals surface area (Å²) in [7, 11) is 0. The van der Waals surface area contributed by atoms with Crippen molar-refractivity contribution in [3.63, 3.8) is 0 Å². The Morgan fingerprint density at radius 3 is 2.21 bits per heavy atom. The second-order valence-corrected chi connectivity index (χ2v) is 9.07. The maximum absolute atomic E-state index is 11.0. The first-order chi connectivity index (χ1) is 13.0. The van der Waals surface area contributed by atoms with Crippen LogP contribution in [0.2, 0.25) is 0 Å². The van der Waals surface area contributed by atoms with E-state index in [2.05, 4.69) is 5.32 Å². The van der Waals surface area contributed by atoms with Crippen molar-refractivity contribution in [1.29, 1.82) is 0 Å². The predicted octanol–water partition coefficient (Wildman–Crippen LogP) is 0.711. The SMILES string of the molecule is CC(=O)Nc1cccc([As](=O)(O)O)c1O.O=C(O)CCCc1ccccc1O. The Hall–Kier alpha value is -2.74. The third kappa shape index (κ3) is 7.87. The van der Waals surface area contributed by atoms with E-state index in [4.69, 9.17) is 13.3 Å². The number of aryl methyl sites for hydroxylation is 1. The number of carboxylic acid groups (broad SMARTS) is 1. The zero-order valence-electron chi connectivity index (χ0n) is 15.1. The van der Waals surface area contributed by atoms with Gasteiger partial charge in [-0.2, -0.15) is 0 Å². The number of carboxylic acids is 1. The molecule has 0 radical (unpaired) electrons. The minimum atomic E-state index is -5.15. The second-order valence-electron chi connectivity index (χ2n) is 5.77. The van der Waals surface area contributed by atoms with Crippen molar-refractivity contribution in [1.82, 2.24) is 0 Å². The van der Waals surface area contributed by atoms with E-state index in [1.807, 2.05) is 6.07 Å². The number of benzene rings is 2. The number of carbonyl (C=O) groups is 2. The normalized spacial score (nSPS) is 10.5. The molecule has 10 heteroatoms. The van der Waals surface area contributed by atoms with Gasteiger partial charge in [0, 0.05) is 6.42 Å². The summed E-state index contributed by atoms with van der Waals surface area (Å²) in [4.78, 5) is 20.9. The van der Waals surface area contributed by atoms with Gasteiger partial charge in [-0.25, -0.2) is 0 Å². The Labute approximate surface area is 164 Å². The molecule has 2 aromatic carbocycles. The molecule has 0 bridgehead atoms. The summed E-state index contributed by atoms with van der Waals surface area (Å²) in [5, 5.41) is 29.5. The van der Waals surface area contributed by atoms with Crippen molar-refractivity contribution in [2.75, 3.05) is 5.32 Å². The van der Waals surface area contributed by atoms with Crippen molar-refractivity contribution in [2.24, 2.45) is 0 Å². The molecular weight excluding hydrogens is 433 g/mol. The molecule has 0 heterocycles. The molecule has 0 saturated heterocycles. The van der Waals surface area contributed by atoms with Gasteiger partial charge >= 0.3 is 94.1 Å². The number of hydrogen-bond acceptors (Lipinski definition) is 5. The summed E-state index contributed by atoms with van der Waals surface area (Å²) in [5.41, 5.74) is 0.800. The van der Waals surface area contributed by atoms with E-state index >= 15 is 0 Å². The van der Waals surface area contributed by atoms with Gasteiger partial charge in [0.15, 0.2) is 0 Å². The second kappa shape index (κ2) is 10.6. The van der Waals surface area contributed by atoms with E-state index in [0.29, 0.717) is 12.8 Å². The van der Waals surface area contributed by atoms with Crippen molar-refractivity contribution in [2.45, 2.75) is 26.2 Å². The van der Waals surface area contributed by atoms with E-state index in [-0.39, 0.29) is 17.9 Å². The van der Waals surface area contributed by atoms with Gasteiger partial charge in [-0.1, -0.05) is 18.2 Å². The average Bonchev–Trinajstić information content (AvgIpc) is 2.57. The largest absolute Gasteiger partial charge is 0.508 e. The molecule has 0 fully saturated rings. The molecule has 0 aromatic heterocycles.